The second-order valence-electron chi connectivity index (χ2n) is 5.19. The highest BCUT2D eigenvalue weighted by molar-refractivity contribution is 6.31. The summed E-state index contributed by atoms with van der Waals surface area (Å²) in [4.78, 5) is 0. The third-order valence-electron chi connectivity index (χ3n) is 3.38. The molecule has 1 N–H and O–H groups in total. The molecular weight excluding hydrogens is 317 g/mol. The van der Waals surface area contributed by atoms with E-state index in [9.17, 15) is 4.39 Å². The summed E-state index contributed by atoms with van der Waals surface area (Å²) >= 11 is 6.01. The number of benzene rings is 2. The van der Waals surface area contributed by atoms with E-state index in [4.69, 9.17) is 21.1 Å². The maximum absolute atomic E-state index is 13.1. The maximum atomic E-state index is 13.1. The van der Waals surface area contributed by atoms with Gasteiger partial charge in [-0.2, -0.15) is 0 Å². The molecule has 0 aliphatic rings. The summed E-state index contributed by atoms with van der Waals surface area (Å²) in [6, 6.07) is 10.1. The molecule has 0 bridgehead atoms. The van der Waals surface area contributed by atoms with Gasteiger partial charge in [0, 0.05) is 12.1 Å². The van der Waals surface area contributed by atoms with Gasteiger partial charge in [0.2, 0.25) is 0 Å². The minimum absolute atomic E-state index is 0.253. The average molecular weight is 338 g/mol. The summed E-state index contributed by atoms with van der Waals surface area (Å²) in [7, 11) is 1.61. The fourth-order valence-electron chi connectivity index (χ4n) is 2.14. The van der Waals surface area contributed by atoms with E-state index in [1.807, 2.05) is 18.2 Å². The summed E-state index contributed by atoms with van der Waals surface area (Å²) in [5, 5.41) is 3.69. The first-order valence-electron chi connectivity index (χ1n) is 7.58. The zero-order valence-electron chi connectivity index (χ0n) is 13.4. The standard InChI is InChI=1S/C18H21ClFNO2/c1-3-8-21-11-13-4-7-17(18(9-13)22-2)23-12-14-5-6-15(20)10-16(14)19/h4-7,9-10,21H,3,8,11-12H2,1-2H3. The van der Waals surface area contributed by atoms with Crippen molar-refractivity contribution in [2.75, 3.05) is 13.7 Å². The quantitative estimate of drug-likeness (QED) is 0.716. The molecule has 0 unspecified atom stereocenters. The number of rotatable bonds is 8. The summed E-state index contributed by atoms with van der Waals surface area (Å²) in [5.74, 6) is 0.937. The van der Waals surface area contributed by atoms with Crippen LogP contribution in [0.4, 0.5) is 4.39 Å². The molecule has 2 aromatic carbocycles. The van der Waals surface area contributed by atoms with Crippen LogP contribution in [-0.2, 0) is 13.2 Å². The van der Waals surface area contributed by atoms with Crippen LogP contribution in [0, 0.1) is 5.82 Å². The number of halogens is 2. The van der Waals surface area contributed by atoms with E-state index < -0.39 is 0 Å². The van der Waals surface area contributed by atoms with Crippen molar-refractivity contribution in [3.63, 3.8) is 0 Å². The summed E-state index contributed by atoms with van der Waals surface area (Å²) in [5.41, 5.74) is 1.85. The van der Waals surface area contributed by atoms with Gasteiger partial charge < -0.3 is 14.8 Å². The number of hydrogen-bond acceptors (Lipinski definition) is 3. The highest BCUT2D eigenvalue weighted by Gasteiger charge is 2.08. The Bertz CT molecular complexity index is 649. The zero-order chi connectivity index (χ0) is 16.7. The van der Waals surface area contributed by atoms with Crippen LogP contribution in [0.25, 0.3) is 0 Å². The van der Waals surface area contributed by atoms with Gasteiger partial charge in [-0.1, -0.05) is 30.7 Å². The van der Waals surface area contributed by atoms with E-state index in [-0.39, 0.29) is 12.4 Å². The molecule has 0 fully saturated rings. The third kappa shape index (κ3) is 5.12. The van der Waals surface area contributed by atoms with Gasteiger partial charge in [0.25, 0.3) is 0 Å². The Balaban J connectivity index is 2.04. The predicted molar refractivity (Wildman–Crippen MR) is 90.7 cm³/mol. The van der Waals surface area contributed by atoms with Crippen LogP contribution in [0.3, 0.4) is 0 Å². The molecule has 0 spiro atoms. The number of methoxy groups -OCH3 is 1. The normalized spacial score (nSPS) is 10.6. The third-order valence-corrected chi connectivity index (χ3v) is 3.73. The minimum atomic E-state index is -0.361. The molecule has 0 saturated carbocycles. The van der Waals surface area contributed by atoms with Gasteiger partial charge in [0.15, 0.2) is 11.5 Å². The monoisotopic (exact) mass is 337 g/mol. The van der Waals surface area contributed by atoms with E-state index >= 15 is 0 Å². The Morgan fingerprint density at radius 2 is 1.96 bits per heavy atom. The van der Waals surface area contributed by atoms with Gasteiger partial charge in [0.1, 0.15) is 12.4 Å². The van der Waals surface area contributed by atoms with Crippen LogP contribution in [-0.4, -0.2) is 13.7 Å². The second kappa shape index (κ2) is 8.75. The summed E-state index contributed by atoms with van der Waals surface area (Å²) < 4.78 is 24.2. The molecule has 124 valence electrons. The Labute approximate surface area is 141 Å². The molecule has 0 aliphatic carbocycles. The maximum Gasteiger partial charge on any atom is 0.161 e. The first-order valence-corrected chi connectivity index (χ1v) is 7.96. The van der Waals surface area contributed by atoms with Crippen LogP contribution >= 0.6 is 11.6 Å². The molecule has 0 heterocycles. The highest BCUT2D eigenvalue weighted by Crippen LogP contribution is 2.29. The number of ether oxygens (including phenoxy) is 2. The number of hydrogen-bond donors (Lipinski definition) is 1. The van der Waals surface area contributed by atoms with Crippen molar-refractivity contribution in [1.29, 1.82) is 0 Å². The van der Waals surface area contributed by atoms with Crippen LogP contribution in [0.5, 0.6) is 11.5 Å². The van der Waals surface area contributed by atoms with Gasteiger partial charge in [0.05, 0.1) is 12.1 Å². The summed E-state index contributed by atoms with van der Waals surface area (Å²) in [6.07, 6.45) is 1.09. The molecule has 2 rings (SSSR count). The van der Waals surface area contributed by atoms with Crippen molar-refractivity contribution in [2.24, 2.45) is 0 Å². The molecule has 0 radical (unpaired) electrons. The average Bonchev–Trinajstić information content (AvgIpc) is 2.55. The Kier molecular flexibility index (Phi) is 6.68. The predicted octanol–water partition coefficient (Wildman–Crippen LogP) is 4.57. The Morgan fingerprint density at radius 1 is 1.13 bits per heavy atom. The van der Waals surface area contributed by atoms with E-state index in [1.54, 1.807) is 13.2 Å². The summed E-state index contributed by atoms with van der Waals surface area (Å²) in [6.45, 7) is 4.14. The van der Waals surface area contributed by atoms with Gasteiger partial charge in [-0.3, -0.25) is 0 Å². The van der Waals surface area contributed by atoms with E-state index in [0.717, 1.165) is 30.6 Å². The van der Waals surface area contributed by atoms with E-state index in [0.29, 0.717) is 16.5 Å². The van der Waals surface area contributed by atoms with Gasteiger partial charge in [-0.15, -0.1) is 0 Å². The molecule has 2 aromatic rings. The smallest absolute Gasteiger partial charge is 0.161 e. The van der Waals surface area contributed by atoms with Gasteiger partial charge in [-0.05, 0) is 42.8 Å². The molecule has 0 atom stereocenters. The fourth-order valence-corrected chi connectivity index (χ4v) is 2.37. The van der Waals surface area contributed by atoms with Crippen molar-refractivity contribution in [3.8, 4) is 11.5 Å². The topological polar surface area (TPSA) is 30.5 Å². The van der Waals surface area contributed by atoms with Crippen molar-refractivity contribution in [1.82, 2.24) is 5.32 Å². The number of nitrogens with one attached hydrogen (secondary N) is 1. The molecule has 3 nitrogen and oxygen atoms in total. The second-order valence-corrected chi connectivity index (χ2v) is 5.59. The molecule has 0 aliphatic heterocycles. The highest BCUT2D eigenvalue weighted by atomic mass is 35.5. The lowest BCUT2D eigenvalue weighted by Crippen LogP contribution is -2.13. The Hall–Kier alpha value is -1.78. The zero-order valence-corrected chi connectivity index (χ0v) is 14.1. The Morgan fingerprint density at radius 3 is 2.65 bits per heavy atom. The lowest BCUT2D eigenvalue weighted by molar-refractivity contribution is 0.284. The van der Waals surface area contributed by atoms with Crippen LogP contribution in [0.1, 0.15) is 24.5 Å². The fraction of sp³-hybridized carbons (Fsp3) is 0.333. The molecular formula is C18H21ClFNO2. The van der Waals surface area contributed by atoms with E-state index in [2.05, 4.69) is 12.2 Å². The lowest BCUT2D eigenvalue weighted by atomic mass is 10.2. The molecule has 23 heavy (non-hydrogen) atoms. The first kappa shape index (κ1) is 17.6. The van der Waals surface area contributed by atoms with Gasteiger partial charge in [-0.25, -0.2) is 4.39 Å². The van der Waals surface area contributed by atoms with Gasteiger partial charge >= 0.3 is 0 Å². The van der Waals surface area contributed by atoms with Crippen LogP contribution < -0.4 is 14.8 Å². The van der Waals surface area contributed by atoms with Crippen molar-refractivity contribution < 1.29 is 13.9 Å². The molecule has 0 aromatic heterocycles. The molecule has 5 heteroatoms. The first-order chi connectivity index (χ1) is 11.1. The van der Waals surface area contributed by atoms with Crippen molar-refractivity contribution in [3.05, 3.63) is 58.4 Å². The largest absolute Gasteiger partial charge is 0.493 e. The molecule has 0 amide bonds. The SMILES string of the molecule is CCCNCc1ccc(OCc2ccc(F)cc2Cl)c(OC)c1. The lowest BCUT2D eigenvalue weighted by Gasteiger charge is -2.13. The minimum Gasteiger partial charge on any atom is -0.493 e. The molecule has 0 saturated heterocycles. The van der Waals surface area contributed by atoms with Crippen LogP contribution in [0.2, 0.25) is 5.02 Å². The van der Waals surface area contributed by atoms with Crippen molar-refractivity contribution in [2.45, 2.75) is 26.5 Å². The van der Waals surface area contributed by atoms with E-state index in [1.165, 1.54) is 12.1 Å². The van der Waals surface area contributed by atoms with Crippen molar-refractivity contribution >= 4 is 11.6 Å². The van der Waals surface area contributed by atoms with Crippen LogP contribution in [0.15, 0.2) is 36.4 Å².